The zero-order valence-corrected chi connectivity index (χ0v) is 38.5. The van der Waals surface area contributed by atoms with Crippen LogP contribution in [0.2, 0.25) is 0 Å². The van der Waals surface area contributed by atoms with Crippen molar-refractivity contribution in [2.75, 3.05) is 14.2 Å². The van der Waals surface area contributed by atoms with Crippen LogP contribution in [0.4, 0.5) is 0 Å². The van der Waals surface area contributed by atoms with Crippen molar-refractivity contribution < 1.29 is 72.6 Å². The highest BCUT2D eigenvalue weighted by molar-refractivity contribution is 5.78. The van der Waals surface area contributed by atoms with Crippen LogP contribution >= 0.6 is 0 Å². The second-order valence-corrected chi connectivity index (χ2v) is 19.1. The molecule has 0 aromatic rings. The third-order valence-corrected chi connectivity index (χ3v) is 14.6. The van der Waals surface area contributed by atoms with Crippen molar-refractivity contribution in [2.45, 2.75) is 197 Å². The summed E-state index contributed by atoms with van der Waals surface area (Å²) in [6, 6.07) is 0. The third kappa shape index (κ3) is 9.88. The number of carbonyl (C=O) groups is 1. The Hall–Kier alpha value is -2.35. The topological polar surface area (TPSA) is 190 Å². The summed E-state index contributed by atoms with van der Waals surface area (Å²) in [5.74, 6) is -3.04. The average molecular weight is 889 g/mol. The van der Waals surface area contributed by atoms with E-state index in [0.29, 0.717) is 31.3 Å². The van der Waals surface area contributed by atoms with E-state index in [1.54, 1.807) is 40.2 Å². The number of aliphatic hydroxyl groups excluding tert-OH is 3. The molecule has 63 heavy (non-hydrogen) atoms. The number of methoxy groups -OCH3 is 2. The summed E-state index contributed by atoms with van der Waals surface area (Å²) in [5.41, 5.74) is -0.749. The van der Waals surface area contributed by atoms with Crippen molar-refractivity contribution in [3.63, 3.8) is 0 Å². The lowest BCUT2D eigenvalue weighted by Gasteiger charge is -2.48. The molecular formula is C48H72O15. The van der Waals surface area contributed by atoms with Gasteiger partial charge in [0.05, 0.1) is 42.7 Å². The summed E-state index contributed by atoms with van der Waals surface area (Å²) in [7, 11) is 3.19. The molecule has 0 saturated carbocycles. The zero-order chi connectivity index (χ0) is 45.5. The lowest BCUT2D eigenvalue weighted by Crippen LogP contribution is -2.58. The number of aliphatic hydroxyl groups is 4. The second-order valence-electron chi connectivity index (χ2n) is 19.1. The number of hydrogen-bond acceptors (Lipinski definition) is 15. The molecule has 0 aromatic carbocycles. The molecular weight excluding hydrogens is 817 g/mol. The highest BCUT2D eigenvalue weighted by Crippen LogP contribution is 2.49. The Morgan fingerprint density at radius 1 is 0.857 bits per heavy atom. The Kier molecular flexibility index (Phi) is 15.3. The molecule has 6 heterocycles. The Balaban J connectivity index is 1.20. The molecule has 0 radical (unpaired) electrons. The van der Waals surface area contributed by atoms with E-state index in [2.05, 4.69) is 32.9 Å². The van der Waals surface area contributed by atoms with Crippen LogP contribution in [-0.2, 0) is 52.2 Å². The number of esters is 1. The molecule has 6 aliphatic heterocycles. The number of hydrogen-bond donors (Lipinski definition) is 4. The number of allylic oxidation sites excluding steroid dienone is 2. The molecule has 2 unspecified atom stereocenters. The highest BCUT2D eigenvalue weighted by Gasteiger charge is 2.63. The van der Waals surface area contributed by atoms with Crippen molar-refractivity contribution in [2.24, 2.45) is 23.7 Å². The summed E-state index contributed by atoms with van der Waals surface area (Å²) in [6.45, 7) is 15.8. The van der Waals surface area contributed by atoms with Crippen LogP contribution in [-0.4, -0.2) is 144 Å². The van der Waals surface area contributed by atoms with Gasteiger partial charge in [0.2, 0.25) is 0 Å². The molecule has 1 aliphatic carbocycles. The molecule has 2 bridgehead atoms. The molecule has 4 fully saturated rings. The minimum atomic E-state index is -2.11. The second kappa shape index (κ2) is 19.9. The van der Waals surface area contributed by atoms with Gasteiger partial charge in [0.1, 0.15) is 42.0 Å². The lowest BCUT2D eigenvalue weighted by atomic mass is 9.70. The Bertz CT molecular complexity index is 1760. The standard InChI is InChI=1S/C48H72O15/c1-11-24(2)42-27(5)17-18-47(63-42)23-32-20-31(62-47)16-15-26(4)41(59-38-22-36(55-10)43(30(8)57-38)60-37-21-35(54-9)40(50)29(7)56-37)25(3)13-12-14-33-45(51)61-44-39(49)28(6)19-34(46(52)58-32)48(33,44)53/h12-15,17-19,24-25,27,29-32,34-45,49-51,53H,11,16,20-23H2,1-10H3/b13-12+,26-15?,33-14+/t24-,25-,27-,29-,30-,31?,32-,34-,35-,36-,37-,38-,39+,40-,41-,42+,43-,44+,45?,47+,48+/m0/s1. The molecule has 0 aromatic heterocycles. The van der Waals surface area contributed by atoms with Crippen molar-refractivity contribution in [1.82, 2.24) is 0 Å². The Labute approximate surface area is 372 Å². The molecule has 354 valence electrons. The monoisotopic (exact) mass is 888 g/mol. The number of ether oxygens (including phenoxy) is 10. The number of rotatable bonds is 8. The quantitative estimate of drug-likeness (QED) is 0.194. The van der Waals surface area contributed by atoms with Gasteiger partial charge in [-0.15, -0.1) is 0 Å². The summed E-state index contributed by atoms with van der Waals surface area (Å²) in [6.07, 6.45) is 5.19. The van der Waals surface area contributed by atoms with Crippen LogP contribution in [0.5, 0.6) is 0 Å². The first-order chi connectivity index (χ1) is 29.9. The first-order valence-corrected chi connectivity index (χ1v) is 23.0. The van der Waals surface area contributed by atoms with E-state index >= 15 is 0 Å². The number of carbonyl (C=O) groups excluding carboxylic acids is 1. The zero-order valence-electron chi connectivity index (χ0n) is 38.5. The third-order valence-electron chi connectivity index (χ3n) is 14.6. The van der Waals surface area contributed by atoms with E-state index < -0.39 is 109 Å². The van der Waals surface area contributed by atoms with Gasteiger partial charge in [-0.25, -0.2) is 0 Å². The molecule has 15 nitrogen and oxygen atoms in total. The van der Waals surface area contributed by atoms with E-state index in [9.17, 15) is 25.2 Å². The molecule has 7 aliphatic rings. The fourth-order valence-corrected chi connectivity index (χ4v) is 10.6. The van der Waals surface area contributed by atoms with Gasteiger partial charge in [-0.3, -0.25) is 4.79 Å². The maximum absolute atomic E-state index is 14.4. The fraction of sp³-hybridized carbons (Fsp3) is 0.771. The first-order valence-electron chi connectivity index (χ1n) is 23.0. The van der Waals surface area contributed by atoms with Crippen molar-refractivity contribution in [3.05, 3.63) is 59.3 Å². The van der Waals surface area contributed by atoms with Gasteiger partial charge in [0.25, 0.3) is 0 Å². The van der Waals surface area contributed by atoms with Crippen molar-refractivity contribution in [1.29, 1.82) is 0 Å². The van der Waals surface area contributed by atoms with Gasteiger partial charge in [0, 0.05) is 57.3 Å². The van der Waals surface area contributed by atoms with Crippen molar-refractivity contribution >= 4 is 5.97 Å². The fourth-order valence-electron chi connectivity index (χ4n) is 10.6. The maximum atomic E-state index is 14.4. The average Bonchev–Trinajstić information content (AvgIpc) is 3.51. The Morgan fingerprint density at radius 2 is 1.56 bits per heavy atom. The molecule has 4 N–H and O–H groups in total. The van der Waals surface area contributed by atoms with Crippen LogP contribution in [0.15, 0.2) is 59.3 Å². The SMILES string of the molecule is CC[C@H](C)[C@H]1O[C@]2(C=C[C@@H]1C)C[C@@H]1CC(CC=C(C)[C@@H](O[C@H]3C[C@H](OC)[C@@H](O[C@H]4C[C@H](OC)[C@@H](O)[C@H](C)O4)[C@H](C)O3)[C@@H](C)/C=C/C=C3\C(O)O[C@@H]4[C@H](O)C(C)=C[C@@H](C(=O)O1)[C@]34O)O2. The summed E-state index contributed by atoms with van der Waals surface area (Å²) < 4.78 is 63.3. The van der Waals surface area contributed by atoms with Gasteiger partial charge in [-0.2, -0.15) is 0 Å². The minimum Gasteiger partial charge on any atom is -0.462 e. The predicted octanol–water partition coefficient (Wildman–Crippen LogP) is 4.70. The Morgan fingerprint density at radius 3 is 2.27 bits per heavy atom. The van der Waals surface area contributed by atoms with Gasteiger partial charge >= 0.3 is 5.97 Å². The molecule has 0 amide bonds. The normalized spacial score (nSPS) is 48.9. The van der Waals surface area contributed by atoms with Crippen LogP contribution in [0, 0.1) is 23.7 Å². The first kappa shape index (κ1) is 48.6. The number of fused-ring (bicyclic) bond motifs is 2. The van der Waals surface area contributed by atoms with Gasteiger partial charge in [-0.05, 0) is 57.3 Å². The van der Waals surface area contributed by atoms with Gasteiger partial charge < -0.3 is 67.8 Å². The molecule has 21 atom stereocenters. The van der Waals surface area contributed by atoms with E-state index in [1.165, 1.54) is 6.08 Å². The van der Waals surface area contributed by atoms with Crippen LogP contribution in [0.25, 0.3) is 0 Å². The highest BCUT2D eigenvalue weighted by atomic mass is 16.7. The summed E-state index contributed by atoms with van der Waals surface area (Å²) >= 11 is 0. The van der Waals surface area contributed by atoms with Crippen LogP contribution in [0.3, 0.4) is 0 Å². The van der Waals surface area contributed by atoms with E-state index in [0.717, 1.165) is 12.0 Å². The largest absolute Gasteiger partial charge is 0.462 e. The minimum absolute atomic E-state index is 0.0314. The summed E-state index contributed by atoms with van der Waals surface area (Å²) in [4.78, 5) is 14.4. The molecule has 7 rings (SSSR count). The van der Waals surface area contributed by atoms with E-state index in [4.69, 9.17) is 47.4 Å². The van der Waals surface area contributed by atoms with Crippen LogP contribution in [0.1, 0.15) is 93.9 Å². The molecule has 1 spiro atoms. The van der Waals surface area contributed by atoms with E-state index in [1.807, 2.05) is 32.9 Å². The smallest absolute Gasteiger partial charge is 0.316 e. The van der Waals surface area contributed by atoms with Crippen molar-refractivity contribution in [3.8, 4) is 0 Å². The lowest BCUT2D eigenvalue weighted by molar-refractivity contribution is -0.318. The van der Waals surface area contributed by atoms with Crippen LogP contribution < -0.4 is 0 Å². The molecule has 15 heteroatoms. The summed E-state index contributed by atoms with van der Waals surface area (Å²) in [5, 5.41) is 45.5. The van der Waals surface area contributed by atoms with Gasteiger partial charge in [0.15, 0.2) is 24.7 Å². The molecule has 4 saturated heterocycles. The van der Waals surface area contributed by atoms with E-state index in [-0.39, 0.29) is 35.9 Å². The van der Waals surface area contributed by atoms with Gasteiger partial charge in [-0.1, -0.05) is 70.6 Å². The maximum Gasteiger partial charge on any atom is 0.316 e. The predicted molar refractivity (Wildman–Crippen MR) is 228 cm³/mol.